The van der Waals surface area contributed by atoms with E-state index in [1.54, 1.807) is 24.4 Å². The summed E-state index contributed by atoms with van der Waals surface area (Å²) in [7, 11) is 0. The van der Waals surface area contributed by atoms with Gasteiger partial charge < -0.3 is 9.73 Å². The number of nitrogens with zero attached hydrogens (tertiary/aromatic N) is 1. The number of furan rings is 1. The van der Waals surface area contributed by atoms with Gasteiger partial charge in [0.1, 0.15) is 11.5 Å². The molecule has 0 saturated carbocycles. The fourth-order valence-corrected chi connectivity index (χ4v) is 2.52. The van der Waals surface area contributed by atoms with Crippen molar-refractivity contribution in [1.29, 1.82) is 0 Å². The van der Waals surface area contributed by atoms with Crippen LogP contribution in [-0.4, -0.2) is 4.98 Å². The summed E-state index contributed by atoms with van der Waals surface area (Å²) in [5.74, 6) is 1.56. The standard InChI is InChI=1S/C17H14Cl2N2O/c18-13-3-5-16(19)15(8-13)17-6-4-14(22-17)11-21-10-12-2-1-7-20-9-12/h1-9,21H,10-11H2. The van der Waals surface area contributed by atoms with Crippen LogP contribution in [0.3, 0.4) is 0 Å². The van der Waals surface area contributed by atoms with Crippen LogP contribution in [0.4, 0.5) is 0 Å². The summed E-state index contributed by atoms with van der Waals surface area (Å²) in [6.45, 7) is 1.37. The van der Waals surface area contributed by atoms with E-state index in [0.717, 1.165) is 23.4 Å². The van der Waals surface area contributed by atoms with Crippen LogP contribution in [-0.2, 0) is 13.1 Å². The van der Waals surface area contributed by atoms with E-state index < -0.39 is 0 Å². The zero-order valence-electron chi connectivity index (χ0n) is 11.7. The number of benzene rings is 1. The van der Waals surface area contributed by atoms with Gasteiger partial charge in [0.2, 0.25) is 0 Å². The molecule has 3 nitrogen and oxygen atoms in total. The molecule has 5 heteroatoms. The Kier molecular flexibility index (Phi) is 4.78. The van der Waals surface area contributed by atoms with E-state index in [4.69, 9.17) is 27.6 Å². The maximum Gasteiger partial charge on any atom is 0.135 e. The van der Waals surface area contributed by atoms with Crippen molar-refractivity contribution >= 4 is 23.2 Å². The minimum Gasteiger partial charge on any atom is -0.460 e. The largest absolute Gasteiger partial charge is 0.460 e. The predicted molar refractivity (Wildman–Crippen MR) is 88.9 cm³/mol. The van der Waals surface area contributed by atoms with E-state index in [-0.39, 0.29) is 0 Å². The monoisotopic (exact) mass is 332 g/mol. The van der Waals surface area contributed by atoms with Gasteiger partial charge in [-0.1, -0.05) is 29.3 Å². The van der Waals surface area contributed by atoms with Crippen LogP contribution in [0.15, 0.2) is 59.3 Å². The molecule has 0 amide bonds. The number of halogens is 2. The molecule has 0 atom stereocenters. The Hall–Kier alpha value is -1.81. The third kappa shape index (κ3) is 3.69. The van der Waals surface area contributed by atoms with E-state index in [1.807, 2.05) is 30.5 Å². The molecule has 0 bridgehead atoms. The molecule has 0 fully saturated rings. The maximum absolute atomic E-state index is 6.18. The number of rotatable bonds is 5. The molecule has 2 aromatic heterocycles. The molecule has 0 spiro atoms. The van der Waals surface area contributed by atoms with Crippen molar-refractivity contribution in [2.75, 3.05) is 0 Å². The smallest absolute Gasteiger partial charge is 0.135 e. The molecule has 22 heavy (non-hydrogen) atoms. The zero-order chi connectivity index (χ0) is 15.4. The minimum absolute atomic E-state index is 0.619. The fraction of sp³-hybridized carbons (Fsp3) is 0.118. The Morgan fingerprint density at radius 3 is 2.77 bits per heavy atom. The first-order valence-electron chi connectivity index (χ1n) is 6.86. The van der Waals surface area contributed by atoms with Crippen LogP contribution in [0, 0.1) is 0 Å². The molecule has 1 aromatic carbocycles. The Bertz CT molecular complexity index is 756. The van der Waals surface area contributed by atoms with Crippen LogP contribution >= 0.6 is 23.2 Å². The average molecular weight is 333 g/mol. The topological polar surface area (TPSA) is 38.1 Å². The summed E-state index contributed by atoms with van der Waals surface area (Å²) < 4.78 is 5.82. The minimum atomic E-state index is 0.619. The highest BCUT2D eigenvalue weighted by molar-refractivity contribution is 6.35. The van der Waals surface area contributed by atoms with Crippen molar-refractivity contribution in [1.82, 2.24) is 10.3 Å². The lowest BCUT2D eigenvalue weighted by Gasteiger charge is -2.03. The Morgan fingerprint density at radius 1 is 1.05 bits per heavy atom. The first-order chi connectivity index (χ1) is 10.7. The third-order valence-electron chi connectivity index (χ3n) is 3.21. The van der Waals surface area contributed by atoms with Crippen LogP contribution in [0.25, 0.3) is 11.3 Å². The molecule has 112 valence electrons. The molecule has 0 aliphatic rings. The lowest BCUT2D eigenvalue weighted by Crippen LogP contribution is -2.12. The molecule has 0 aliphatic carbocycles. The van der Waals surface area contributed by atoms with Crippen molar-refractivity contribution in [2.24, 2.45) is 0 Å². The molecule has 0 unspecified atom stereocenters. The third-order valence-corrected chi connectivity index (χ3v) is 3.77. The highest BCUT2D eigenvalue weighted by Crippen LogP contribution is 2.31. The van der Waals surface area contributed by atoms with Gasteiger partial charge >= 0.3 is 0 Å². The van der Waals surface area contributed by atoms with Crippen molar-refractivity contribution in [3.8, 4) is 11.3 Å². The van der Waals surface area contributed by atoms with Crippen LogP contribution < -0.4 is 5.32 Å². The van der Waals surface area contributed by atoms with Gasteiger partial charge in [-0.25, -0.2) is 0 Å². The van der Waals surface area contributed by atoms with E-state index in [1.165, 1.54) is 0 Å². The van der Waals surface area contributed by atoms with Gasteiger partial charge in [-0.05, 0) is 42.0 Å². The summed E-state index contributed by atoms with van der Waals surface area (Å²) in [4.78, 5) is 4.08. The predicted octanol–water partition coefficient (Wildman–Crippen LogP) is 4.94. The molecule has 0 saturated heterocycles. The SMILES string of the molecule is Clc1ccc(Cl)c(-c2ccc(CNCc3cccnc3)o2)c1. The summed E-state index contributed by atoms with van der Waals surface area (Å²) in [5.41, 5.74) is 1.93. The molecule has 3 aromatic rings. The maximum atomic E-state index is 6.18. The first-order valence-corrected chi connectivity index (χ1v) is 7.62. The number of pyridine rings is 1. The van der Waals surface area contributed by atoms with Crippen molar-refractivity contribution in [3.63, 3.8) is 0 Å². The number of aromatic nitrogens is 1. The molecular formula is C17H14Cl2N2O. The van der Waals surface area contributed by atoms with Gasteiger partial charge in [0.25, 0.3) is 0 Å². The van der Waals surface area contributed by atoms with Crippen molar-refractivity contribution in [3.05, 3.63) is 76.2 Å². The summed E-state index contributed by atoms with van der Waals surface area (Å²) in [6.07, 6.45) is 3.60. The molecule has 1 N–H and O–H groups in total. The number of hydrogen-bond donors (Lipinski definition) is 1. The second-order valence-electron chi connectivity index (χ2n) is 4.85. The van der Waals surface area contributed by atoms with Gasteiger partial charge in [-0.2, -0.15) is 0 Å². The summed E-state index contributed by atoms with van der Waals surface area (Å²) in [6, 6.07) is 13.1. The second-order valence-corrected chi connectivity index (χ2v) is 5.70. The average Bonchev–Trinajstić information content (AvgIpc) is 2.99. The molecule has 3 rings (SSSR count). The highest BCUT2D eigenvalue weighted by Gasteiger charge is 2.09. The number of nitrogens with one attached hydrogen (secondary N) is 1. The fourth-order valence-electron chi connectivity index (χ4n) is 2.14. The van der Waals surface area contributed by atoms with Gasteiger partial charge in [0.05, 0.1) is 11.6 Å². The zero-order valence-corrected chi connectivity index (χ0v) is 13.2. The summed E-state index contributed by atoms with van der Waals surface area (Å²) in [5, 5.41) is 4.57. The lowest BCUT2D eigenvalue weighted by atomic mass is 10.2. The molecular weight excluding hydrogens is 319 g/mol. The van der Waals surface area contributed by atoms with Crippen LogP contribution in [0.2, 0.25) is 10.0 Å². The lowest BCUT2D eigenvalue weighted by molar-refractivity contribution is 0.493. The molecule has 0 radical (unpaired) electrons. The van der Waals surface area contributed by atoms with E-state index in [2.05, 4.69) is 10.3 Å². The molecule has 2 heterocycles. The second kappa shape index (κ2) is 6.97. The van der Waals surface area contributed by atoms with E-state index in [9.17, 15) is 0 Å². The van der Waals surface area contributed by atoms with Gasteiger partial charge in [0, 0.05) is 29.5 Å². The van der Waals surface area contributed by atoms with Crippen molar-refractivity contribution in [2.45, 2.75) is 13.1 Å². The highest BCUT2D eigenvalue weighted by atomic mass is 35.5. The molecule has 0 aliphatic heterocycles. The van der Waals surface area contributed by atoms with Crippen LogP contribution in [0.5, 0.6) is 0 Å². The van der Waals surface area contributed by atoms with E-state index >= 15 is 0 Å². The Balaban J connectivity index is 1.65. The Morgan fingerprint density at radius 2 is 1.95 bits per heavy atom. The Labute approximate surface area is 138 Å². The van der Waals surface area contributed by atoms with Gasteiger partial charge in [-0.3, -0.25) is 4.98 Å². The quantitative estimate of drug-likeness (QED) is 0.719. The summed E-state index contributed by atoms with van der Waals surface area (Å²) >= 11 is 12.2. The first kappa shape index (κ1) is 15.1. The van der Waals surface area contributed by atoms with Gasteiger partial charge in [0.15, 0.2) is 0 Å². The van der Waals surface area contributed by atoms with Crippen LogP contribution in [0.1, 0.15) is 11.3 Å². The normalized spacial score (nSPS) is 10.8. The number of hydrogen-bond acceptors (Lipinski definition) is 3. The van der Waals surface area contributed by atoms with Gasteiger partial charge in [-0.15, -0.1) is 0 Å². The van der Waals surface area contributed by atoms with E-state index in [0.29, 0.717) is 22.4 Å². The van der Waals surface area contributed by atoms with Crippen molar-refractivity contribution < 1.29 is 4.42 Å².